The highest BCUT2D eigenvalue weighted by atomic mass is 16.5. The molecule has 108 valence electrons. The van der Waals surface area contributed by atoms with E-state index in [1.165, 1.54) is 10.8 Å². The van der Waals surface area contributed by atoms with E-state index in [-0.39, 0.29) is 5.92 Å². The normalized spacial score (nSPS) is 27.9. The number of benzene rings is 2. The first kappa shape index (κ1) is 13.0. The van der Waals surface area contributed by atoms with Crippen molar-refractivity contribution in [3.63, 3.8) is 0 Å². The van der Waals surface area contributed by atoms with Gasteiger partial charge in [-0.15, -0.1) is 0 Å². The maximum absolute atomic E-state index is 12.6. The largest absolute Gasteiger partial charge is 0.375 e. The standard InChI is InChI=1S/C19H20O2/c20-19(16-11-17-7-8-18(12-16)21-17)10-13-5-6-14-3-1-2-4-15(14)9-13/h1-6,9,16-18H,7-8,10-12H2. The Bertz CT molecular complexity index is 664. The van der Waals surface area contributed by atoms with E-state index in [9.17, 15) is 4.79 Å². The third-order valence-corrected chi connectivity index (χ3v) is 4.94. The molecule has 2 aliphatic heterocycles. The second kappa shape index (κ2) is 5.27. The van der Waals surface area contributed by atoms with Gasteiger partial charge in [-0.25, -0.2) is 0 Å². The first-order chi connectivity index (χ1) is 10.3. The minimum Gasteiger partial charge on any atom is -0.375 e. The number of ketones is 1. The zero-order valence-electron chi connectivity index (χ0n) is 12.1. The Balaban J connectivity index is 1.50. The van der Waals surface area contributed by atoms with Crippen LogP contribution in [0, 0.1) is 5.92 Å². The van der Waals surface area contributed by atoms with Crippen molar-refractivity contribution in [2.75, 3.05) is 0 Å². The summed E-state index contributed by atoms with van der Waals surface area (Å²) < 4.78 is 5.83. The fourth-order valence-corrected chi connectivity index (χ4v) is 3.81. The lowest BCUT2D eigenvalue weighted by Gasteiger charge is -2.27. The van der Waals surface area contributed by atoms with E-state index < -0.39 is 0 Å². The van der Waals surface area contributed by atoms with Crippen LogP contribution in [-0.4, -0.2) is 18.0 Å². The zero-order valence-corrected chi connectivity index (χ0v) is 12.1. The monoisotopic (exact) mass is 280 g/mol. The van der Waals surface area contributed by atoms with E-state index in [0.717, 1.165) is 31.2 Å². The van der Waals surface area contributed by atoms with Gasteiger partial charge in [0.2, 0.25) is 0 Å². The number of carbonyl (C=O) groups is 1. The van der Waals surface area contributed by atoms with Crippen molar-refractivity contribution < 1.29 is 9.53 Å². The lowest BCUT2D eigenvalue weighted by Crippen LogP contribution is -2.30. The van der Waals surface area contributed by atoms with Crippen molar-refractivity contribution in [1.82, 2.24) is 0 Å². The summed E-state index contributed by atoms with van der Waals surface area (Å²) in [6, 6.07) is 14.7. The van der Waals surface area contributed by atoms with E-state index in [0.29, 0.717) is 24.4 Å². The molecular weight excluding hydrogens is 260 g/mol. The number of Topliss-reactive ketones (excluding diaryl/α,β-unsaturated/α-hetero) is 1. The maximum atomic E-state index is 12.6. The molecule has 0 aromatic heterocycles. The Morgan fingerprint density at radius 3 is 2.48 bits per heavy atom. The molecule has 2 aromatic carbocycles. The van der Waals surface area contributed by atoms with Gasteiger partial charge in [0.05, 0.1) is 12.2 Å². The molecule has 0 amide bonds. The average molecular weight is 280 g/mol. The van der Waals surface area contributed by atoms with Crippen LogP contribution in [0.2, 0.25) is 0 Å². The first-order valence-electron chi connectivity index (χ1n) is 7.94. The summed E-state index contributed by atoms with van der Waals surface area (Å²) >= 11 is 0. The van der Waals surface area contributed by atoms with Gasteiger partial charge in [-0.05, 0) is 42.0 Å². The van der Waals surface area contributed by atoms with Gasteiger partial charge in [-0.1, -0.05) is 42.5 Å². The highest BCUT2D eigenvalue weighted by molar-refractivity contribution is 5.87. The molecule has 2 atom stereocenters. The highest BCUT2D eigenvalue weighted by Gasteiger charge is 2.37. The number of hydrogen-bond acceptors (Lipinski definition) is 2. The molecule has 0 spiro atoms. The molecule has 2 saturated heterocycles. The van der Waals surface area contributed by atoms with Crippen molar-refractivity contribution >= 4 is 16.6 Å². The minimum atomic E-state index is 0.211. The third-order valence-electron chi connectivity index (χ3n) is 4.94. The van der Waals surface area contributed by atoms with Crippen LogP contribution in [0.15, 0.2) is 42.5 Å². The van der Waals surface area contributed by atoms with E-state index in [4.69, 9.17) is 4.74 Å². The number of rotatable bonds is 3. The maximum Gasteiger partial charge on any atom is 0.140 e. The minimum absolute atomic E-state index is 0.211. The van der Waals surface area contributed by atoms with Gasteiger partial charge in [-0.2, -0.15) is 0 Å². The molecule has 2 unspecified atom stereocenters. The Labute approximate surface area is 125 Å². The van der Waals surface area contributed by atoms with Crippen LogP contribution in [0.4, 0.5) is 0 Å². The van der Waals surface area contributed by atoms with Crippen LogP contribution >= 0.6 is 0 Å². The van der Waals surface area contributed by atoms with Crippen LogP contribution < -0.4 is 0 Å². The average Bonchev–Trinajstić information content (AvgIpc) is 2.85. The van der Waals surface area contributed by atoms with Crippen LogP contribution in [0.3, 0.4) is 0 Å². The molecule has 2 fully saturated rings. The fraction of sp³-hybridized carbons (Fsp3) is 0.421. The first-order valence-corrected chi connectivity index (χ1v) is 7.94. The molecule has 2 nitrogen and oxygen atoms in total. The quantitative estimate of drug-likeness (QED) is 0.852. The van der Waals surface area contributed by atoms with Crippen molar-refractivity contribution in [1.29, 1.82) is 0 Å². The zero-order chi connectivity index (χ0) is 14.2. The summed E-state index contributed by atoms with van der Waals surface area (Å²) in [6.07, 6.45) is 5.40. The van der Waals surface area contributed by atoms with Gasteiger partial charge in [0.25, 0.3) is 0 Å². The summed E-state index contributed by atoms with van der Waals surface area (Å²) in [5.74, 6) is 0.605. The van der Waals surface area contributed by atoms with E-state index >= 15 is 0 Å². The summed E-state index contributed by atoms with van der Waals surface area (Å²) in [7, 11) is 0. The SMILES string of the molecule is O=C(Cc1ccc2ccccc2c1)C1CC2CCC(C1)O2. The fourth-order valence-electron chi connectivity index (χ4n) is 3.81. The Morgan fingerprint density at radius 2 is 1.71 bits per heavy atom. The second-order valence-corrected chi connectivity index (χ2v) is 6.45. The van der Waals surface area contributed by atoms with Gasteiger partial charge < -0.3 is 4.74 Å². The Morgan fingerprint density at radius 1 is 1.00 bits per heavy atom. The van der Waals surface area contributed by atoms with Crippen molar-refractivity contribution in [2.24, 2.45) is 5.92 Å². The molecule has 0 saturated carbocycles. The van der Waals surface area contributed by atoms with Crippen molar-refractivity contribution in [3.8, 4) is 0 Å². The molecular formula is C19H20O2. The molecule has 2 heterocycles. The Hall–Kier alpha value is -1.67. The molecule has 2 aromatic rings. The molecule has 21 heavy (non-hydrogen) atoms. The second-order valence-electron chi connectivity index (χ2n) is 6.45. The molecule has 0 radical (unpaired) electrons. The van der Waals surface area contributed by atoms with E-state index in [1.54, 1.807) is 0 Å². The molecule has 0 N–H and O–H groups in total. The van der Waals surface area contributed by atoms with Gasteiger partial charge in [0.15, 0.2) is 0 Å². The van der Waals surface area contributed by atoms with Crippen molar-refractivity contribution in [3.05, 3.63) is 48.0 Å². The number of fused-ring (bicyclic) bond motifs is 3. The lowest BCUT2D eigenvalue weighted by atomic mass is 9.88. The van der Waals surface area contributed by atoms with Gasteiger partial charge in [-0.3, -0.25) is 4.79 Å². The number of ether oxygens (including phenoxy) is 1. The van der Waals surface area contributed by atoms with Gasteiger partial charge in [0.1, 0.15) is 5.78 Å². The molecule has 2 bridgehead atoms. The van der Waals surface area contributed by atoms with Gasteiger partial charge in [0, 0.05) is 12.3 Å². The summed E-state index contributed by atoms with van der Waals surface area (Å²) in [6.45, 7) is 0. The predicted octanol–water partition coefficient (Wildman–Crippen LogP) is 3.91. The van der Waals surface area contributed by atoms with Crippen molar-refractivity contribution in [2.45, 2.75) is 44.3 Å². The van der Waals surface area contributed by atoms with Crippen LogP contribution in [0.5, 0.6) is 0 Å². The predicted molar refractivity (Wildman–Crippen MR) is 83.3 cm³/mol. The molecule has 2 heteroatoms. The van der Waals surface area contributed by atoms with Crippen LogP contribution in [-0.2, 0) is 16.0 Å². The lowest BCUT2D eigenvalue weighted by molar-refractivity contribution is -0.127. The summed E-state index contributed by atoms with van der Waals surface area (Å²) in [5, 5.41) is 2.45. The highest BCUT2D eigenvalue weighted by Crippen LogP contribution is 2.36. The molecule has 2 aliphatic rings. The third kappa shape index (κ3) is 2.60. The molecule has 0 aliphatic carbocycles. The molecule has 4 rings (SSSR count). The van der Waals surface area contributed by atoms with Gasteiger partial charge >= 0.3 is 0 Å². The topological polar surface area (TPSA) is 26.3 Å². The summed E-state index contributed by atoms with van der Waals surface area (Å²) in [4.78, 5) is 12.6. The van der Waals surface area contributed by atoms with Crippen LogP contribution in [0.25, 0.3) is 10.8 Å². The van der Waals surface area contributed by atoms with E-state index in [2.05, 4.69) is 30.3 Å². The smallest absolute Gasteiger partial charge is 0.140 e. The summed E-state index contributed by atoms with van der Waals surface area (Å²) in [5.41, 5.74) is 1.14. The van der Waals surface area contributed by atoms with Crippen LogP contribution in [0.1, 0.15) is 31.2 Å². The van der Waals surface area contributed by atoms with E-state index in [1.807, 2.05) is 12.1 Å². The number of carbonyl (C=O) groups excluding carboxylic acids is 1. The number of hydrogen-bond donors (Lipinski definition) is 0. The Kier molecular flexibility index (Phi) is 3.27.